The summed E-state index contributed by atoms with van der Waals surface area (Å²) in [5, 5.41) is 1.19. The monoisotopic (exact) mass is 400 g/mol. The molecule has 1 rings (SSSR count). The summed E-state index contributed by atoms with van der Waals surface area (Å²) in [7, 11) is 0. The Morgan fingerprint density at radius 3 is 1.65 bits per heavy atom. The van der Waals surface area contributed by atoms with Gasteiger partial charge in [0.1, 0.15) is 0 Å². The van der Waals surface area contributed by atoms with Crippen LogP contribution in [0.2, 0.25) is 0 Å². The van der Waals surface area contributed by atoms with Crippen molar-refractivity contribution < 1.29 is 48.7 Å². The molecular formula is C13H10F10N2O. The Bertz CT molecular complexity index is 611. The number of hydrogen-bond donors (Lipinski definition) is 1. The van der Waals surface area contributed by atoms with Gasteiger partial charge in [-0.05, 0) is 12.5 Å². The van der Waals surface area contributed by atoms with E-state index >= 15 is 0 Å². The van der Waals surface area contributed by atoms with Crippen molar-refractivity contribution in [3.8, 4) is 0 Å². The van der Waals surface area contributed by atoms with Gasteiger partial charge in [-0.2, -0.15) is 39.5 Å². The second kappa shape index (κ2) is 6.93. The zero-order valence-electron chi connectivity index (χ0n) is 12.6. The molecule has 2 atom stereocenters. The van der Waals surface area contributed by atoms with E-state index in [4.69, 9.17) is 0 Å². The number of halogens is 10. The van der Waals surface area contributed by atoms with Crippen LogP contribution in [-0.2, 0) is 4.79 Å². The Balaban J connectivity index is 3.37. The van der Waals surface area contributed by atoms with Gasteiger partial charge in [0.05, 0.1) is 6.04 Å². The lowest BCUT2D eigenvalue weighted by atomic mass is 10.1. The number of amides is 1. The van der Waals surface area contributed by atoms with Crippen molar-refractivity contribution in [2.45, 2.75) is 37.5 Å². The Morgan fingerprint density at radius 2 is 1.31 bits per heavy atom. The van der Waals surface area contributed by atoms with Crippen LogP contribution in [0.5, 0.6) is 0 Å². The van der Waals surface area contributed by atoms with Gasteiger partial charge in [0.25, 0.3) is 5.91 Å². The molecule has 0 aliphatic heterocycles. The zero-order chi connectivity index (χ0) is 20.6. The van der Waals surface area contributed by atoms with Crippen molar-refractivity contribution in [1.82, 2.24) is 10.2 Å². The Hall–Kier alpha value is -2.05. The van der Waals surface area contributed by atoms with Crippen LogP contribution >= 0.6 is 0 Å². The van der Waals surface area contributed by atoms with Crippen LogP contribution in [0.1, 0.15) is 18.5 Å². The van der Waals surface area contributed by atoms with Gasteiger partial charge in [0.2, 0.25) is 0 Å². The quantitative estimate of drug-likeness (QED) is 0.599. The molecule has 0 spiro atoms. The first-order valence-corrected chi connectivity index (χ1v) is 6.58. The molecule has 0 aliphatic rings. The highest BCUT2D eigenvalue weighted by Gasteiger charge is 2.78. The fourth-order valence-electron chi connectivity index (χ4n) is 1.97. The van der Waals surface area contributed by atoms with Crippen LogP contribution in [0.4, 0.5) is 43.9 Å². The number of benzene rings is 1. The van der Waals surface area contributed by atoms with Gasteiger partial charge < -0.3 is 5.32 Å². The van der Waals surface area contributed by atoms with Crippen molar-refractivity contribution in [3.63, 3.8) is 0 Å². The highest BCUT2D eigenvalue weighted by atomic mass is 19.4. The lowest BCUT2D eigenvalue weighted by Gasteiger charge is -2.38. The van der Waals surface area contributed by atoms with Gasteiger partial charge in [-0.25, -0.2) is 4.39 Å². The average molecular weight is 400 g/mol. The van der Waals surface area contributed by atoms with Crippen molar-refractivity contribution in [3.05, 3.63) is 35.9 Å². The van der Waals surface area contributed by atoms with Gasteiger partial charge in [0, 0.05) is 0 Å². The first-order valence-electron chi connectivity index (χ1n) is 6.58. The van der Waals surface area contributed by atoms with Crippen LogP contribution < -0.4 is 5.32 Å². The number of alkyl halides is 10. The number of nitrogens with one attached hydrogen (secondary N) is 1. The normalized spacial score (nSPS) is 16.9. The molecule has 1 aromatic carbocycles. The fraction of sp³-hybridized carbons (Fsp3) is 0.462. The van der Waals surface area contributed by atoms with Gasteiger partial charge in [-0.15, -0.1) is 0 Å². The number of hydrogen-bond acceptors (Lipinski definition) is 2. The largest absolute Gasteiger partial charge is 0.470 e. The standard InChI is InChI=1S/C13H10F10N2O/c1-7(8-5-3-2-4-6-8)24-9(26)10(14,11(15,16)17)25(12(18,19)20)13(21,22)23/h2-7H,1H3,(H,24,26)/t7-,10-/m0/s1. The van der Waals surface area contributed by atoms with Crippen LogP contribution in [0, 0.1) is 0 Å². The third kappa shape index (κ3) is 4.37. The fourth-order valence-corrected chi connectivity index (χ4v) is 1.97. The molecule has 1 amide bonds. The van der Waals surface area contributed by atoms with Crippen molar-refractivity contribution in [2.24, 2.45) is 0 Å². The van der Waals surface area contributed by atoms with Gasteiger partial charge in [0.15, 0.2) is 0 Å². The molecule has 1 N–H and O–H groups in total. The minimum Gasteiger partial charge on any atom is -0.345 e. The van der Waals surface area contributed by atoms with Crippen LogP contribution in [0.25, 0.3) is 0 Å². The SMILES string of the molecule is C[C@H](NC(=O)[C@](F)(N(C(F)(F)F)C(F)(F)F)C(F)(F)F)c1ccccc1. The predicted octanol–water partition coefficient (Wildman–Crippen LogP) is 4.43. The summed E-state index contributed by atoms with van der Waals surface area (Å²) in [4.78, 5) is 8.17. The zero-order valence-corrected chi connectivity index (χ0v) is 12.6. The Kier molecular flexibility index (Phi) is 5.86. The minimum atomic E-state index is -6.88. The van der Waals surface area contributed by atoms with E-state index in [1.807, 2.05) is 0 Å². The van der Waals surface area contributed by atoms with Crippen LogP contribution in [-0.4, -0.2) is 35.4 Å². The van der Waals surface area contributed by atoms with E-state index in [-0.39, 0.29) is 5.56 Å². The summed E-state index contributed by atoms with van der Waals surface area (Å²) in [6, 6.07) is 5.03. The summed E-state index contributed by atoms with van der Waals surface area (Å²) in [5.41, 5.74) is 0.0240. The molecule has 13 heteroatoms. The summed E-state index contributed by atoms with van der Waals surface area (Å²) >= 11 is 0. The van der Waals surface area contributed by atoms with Crippen molar-refractivity contribution in [1.29, 1.82) is 0 Å². The van der Waals surface area contributed by atoms with E-state index in [1.165, 1.54) is 35.6 Å². The maximum atomic E-state index is 14.2. The summed E-state index contributed by atoms with van der Waals surface area (Å²) in [6.45, 7) is 0.954. The van der Waals surface area contributed by atoms with Gasteiger partial charge >= 0.3 is 24.6 Å². The van der Waals surface area contributed by atoms with E-state index in [9.17, 15) is 48.7 Å². The Morgan fingerprint density at radius 1 is 0.885 bits per heavy atom. The van der Waals surface area contributed by atoms with E-state index in [1.54, 1.807) is 0 Å². The number of carbonyl (C=O) groups is 1. The van der Waals surface area contributed by atoms with Crippen molar-refractivity contribution in [2.75, 3.05) is 0 Å². The third-order valence-electron chi connectivity index (χ3n) is 3.14. The predicted molar refractivity (Wildman–Crippen MR) is 66.8 cm³/mol. The minimum absolute atomic E-state index is 0.0240. The lowest BCUT2D eigenvalue weighted by molar-refractivity contribution is -0.444. The maximum Gasteiger partial charge on any atom is 0.470 e. The molecule has 3 nitrogen and oxygen atoms in total. The maximum absolute atomic E-state index is 14.2. The topological polar surface area (TPSA) is 32.3 Å². The molecule has 26 heavy (non-hydrogen) atoms. The Labute approximate surface area is 139 Å². The number of carbonyl (C=O) groups excluding carboxylic acids is 1. The van der Waals surface area contributed by atoms with Gasteiger partial charge in [-0.3, -0.25) is 4.79 Å². The first-order chi connectivity index (χ1) is 11.5. The summed E-state index contributed by atoms with van der Waals surface area (Å²) in [6.07, 6.45) is -20.6. The second-order valence-corrected chi connectivity index (χ2v) is 5.00. The van der Waals surface area contributed by atoms with E-state index < -0.39 is 41.4 Å². The molecule has 0 radical (unpaired) electrons. The number of rotatable bonds is 4. The third-order valence-corrected chi connectivity index (χ3v) is 3.14. The molecule has 0 saturated carbocycles. The smallest absolute Gasteiger partial charge is 0.345 e. The van der Waals surface area contributed by atoms with Crippen LogP contribution in [0.3, 0.4) is 0 Å². The number of nitrogens with zero attached hydrogens (tertiary/aromatic N) is 1. The lowest BCUT2D eigenvalue weighted by Crippen LogP contribution is -2.71. The molecule has 1 aromatic rings. The molecule has 0 saturated heterocycles. The highest BCUT2D eigenvalue weighted by molar-refractivity contribution is 5.86. The average Bonchev–Trinajstić information content (AvgIpc) is 2.43. The van der Waals surface area contributed by atoms with E-state index in [0.29, 0.717) is 0 Å². The molecule has 0 heterocycles. The van der Waals surface area contributed by atoms with E-state index in [2.05, 4.69) is 0 Å². The molecule has 148 valence electrons. The summed E-state index contributed by atoms with van der Waals surface area (Å²) in [5.74, 6) is -9.58. The molecule has 0 aromatic heterocycles. The van der Waals surface area contributed by atoms with Gasteiger partial charge in [-0.1, -0.05) is 35.2 Å². The second-order valence-electron chi connectivity index (χ2n) is 5.00. The molecule has 0 aliphatic carbocycles. The molecule has 0 fully saturated rings. The van der Waals surface area contributed by atoms with Crippen LogP contribution in [0.15, 0.2) is 30.3 Å². The molecule has 0 unspecified atom stereocenters. The first kappa shape index (κ1) is 22.0. The van der Waals surface area contributed by atoms with Crippen molar-refractivity contribution >= 4 is 5.91 Å². The summed E-state index contributed by atoms with van der Waals surface area (Å²) < 4.78 is 128. The molecular weight excluding hydrogens is 390 g/mol. The molecule has 0 bridgehead atoms. The highest BCUT2D eigenvalue weighted by Crippen LogP contribution is 2.48. The van der Waals surface area contributed by atoms with E-state index in [0.717, 1.165) is 6.92 Å².